The number of esters is 1. The van der Waals surface area contributed by atoms with Gasteiger partial charge in [-0.1, -0.05) is 54.7 Å². The summed E-state index contributed by atoms with van der Waals surface area (Å²) in [6.07, 6.45) is 1.77. The predicted molar refractivity (Wildman–Crippen MR) is 141 cm³/mol. The van der Waals surface area contributed by atoms with Crippen LogP contribution in [-0.2, 0) is 0 Å². The van der Waals surface area contributed by atoms with Crippen molar-refractivity contribution >= 4 is 34.9 Å². The molecule has 194 valence electrons. The molecule has 0 spiro atoms. The van der Waals surface area contributed by atoms with Crippen molar-refractivity contribution in [2.45, 2.75) is 25.7 Å². The molecule has 1 atom stereocenters. The lowest BCUT2D eigenvalue weighted by atomic mass is 9.83. The second kappa shape index (κ2) is 11.4. The summed E-state index contributed by atoms with van der Waals surface area (Å²) in [5.41, 5.74) is 7.11. The van der Waals surface area contributed by atoms with Gasteiger partial charge >= 0.3 is 5.97 Å². The van der Waals surface area contributed by atoms with Crippen molar-refractivity contribution in [2.75, 3.05) is 6.61 Å². The molecular formula is C27H21Cl2N3O6. The highest BCUT2D eigenvalue weighted by Gasteiger charge is 2.32. The number of allylic oxidation sites excluding steroid dienone is 1. The van der Waals surface area contributed by atoms with Crippen LogP contribution in [0.2, 0.25) is 10.0 Å². The van der Waals surface area contributed by atoms with E-state index in [0.717, 1.165) is 12.8 Å². The van der Waals surface area contributed by atoms with Crippen LogP contribution in [0, 0.1) is 21.4 Å². The van der Waals surface area contributed by atoms with E-state index in [2.05, 4.69) is 0 Å². The zero-order valence-electron chi connectivity index (χ0n) is 20.1. The molecule has 2 N–H and O–H groups in total. The fourth-order valence-corrected chi connectivity index (χ4v) is 4.56. The van der Waals surface area contributed by atoms with E-state index < -0.39 is 16.8 Å². The van der Waals surface area contributed by atoms with Gasteiger partial charge in [-0.3, -0.25) is 10.1 Å². The van der Waals surface area contributed by atoms with Crippen molar-refractivity contribution in [2.24, 2.45) is 5.73 Å². The Morgan fingerprint density at radius 1 is 1.18 bits per heavy atom. The number of benzene rings is 3. The summed E-state index contributed by atoms with van der Waals surface area (Å²) in [6, 6.07) is 15.3. The number of unbranched alkanes of at least 4 members (excludes halogenated alkanes) is 1. The van der Waals surface area contributed by atoms with E-state index in [-0.39, 0.29) is 44.3 Å². The second-order valence-corrected chi connectivity index (χ2v) is 9.15. The largest absolute Gasteiger partial charge is 0.490 e. The van der Waals surface area contributed by atoms with Crippen molar-refractivity contribution in [3.05, 3.63) is 103 Å². The van der Waals surface area contributed by atoms with Gasteiger partial charge in [0, 0.05) is 23.8 Å². The van der Waals surface area contributed by atoms with Crippen LogP contribution in [0.5, 0.6) is 17.2 Å². The first-order valence-corrected chi connectivity index (χ1v) is 12.3. The fourth-order valence-electron chi connectivity index (χ4n) is 3.96. The second-order valence-electron chi connectivity index (χ2n) is 8.34. The minimum Gasteiger partial charge on any atom is -0.490 e. The maximum Gasteiger partial charge on any atom is 0.343 e. The first-order valence-electron chi connectivity index (χ1n) is 11.5. The Morgan fingerprint density at radius 3 is 2.58 bits per heavy atom. The van der Waals surface area contributed by atoms with Crippen LogP contribution >= 0.6 is 23.2 Å². The molecule has 0 radical (unpaired) electrons. The summed E-state index contributed by atoms with van der Waals surface area (Å²) in [5, 5.41) is 21.4. The Morgan fingerprint density at radius 2 is 1.92 bits per heavy atom. The number of hydrogen-bond donors (Lipinski definition) is 1. The Kier molecular flexibility index (Phi) is 8.05. The number of nitrogens with zero attached hydrogens (tertiary/aromatic N) is 2. The standard InChI is InChI=1S/C27H21Cl2N3O6/c1-2-3-9-36-25-21(28)11-16(12-22(25)29)27(33)37-18-7-8-19-23(13-18)38-26(31)20(14-30)24(19)15-5-4-6-17(10-15)32(34)35/h4-8,10-13,24H,2-3,9,31H2,1H3. The highest BCUT2D eigenvalue weighted by Crippen LogP contribution is 2.44. The molecule has 0 saturated heterocycles. The number of nitro benzene ring substituents is 1. The number of hydrogen-bond acceptors (Lipinski definition) is 8. The minimum absolute atomic E-state index is 0.105. The van der Waals surface area contributed by atoms with Crippen LogP contribution in [0.3, 0.4) is 0 Å². The molecule has 1 unspecified atom stereocenters. The van der Waals surface area contributed by atoms with Crippen LogP contribution in [0.4, 0.5) is 5.69 Å². The first kappa shape index (κ1) is 26.8. The number of carbonyl (C=O) groups excluding carboxylic acids is 1. The van der Waals surface area contributed by atoms with Gasteiger partial charge in [0.25, 0.3) is 5.69 Å². The highest BCUT2D eigenvalue weighted by atomic mass is 35.5. The molecule has 9 nitrogen and oxygen atoms in total. The van der Waals surface area contributed by atoms with E-state index >= 15 is 0 Å². The molecule has 38 heavy (non-hydrogen) atoms. The number of carbonyl (C=O) groups is 1. The zero-order valence-corrected chi connectivity index (χ0v) is 21.6. The van der Waals surface area contributed by atoms with Gasteiger partial charge in [-0.05, 0) is 30.2 Å². The molecule has 0 aliphatic carbocycles. The van der Waals surface area contributed by atoms with Gasteiger partial charge < -0.3 is 19.9 Å². The number of non-ortho nitro benzene ring substituents is 1. The lowest BCUT2D eigenvalue weighted by molar-refractivity contribution is -0.384. The summed E-state index contributed by atoms with van der Waals surface area (Å²) in [6.45, 7) is 2.47. The number of nitro groups is 1. The molecule has 0 amide bonds. The average molecular weight is 554 g/mol. The molecule has 11 heteroatoms. The summed E-state index contributed by atoms with van der Waals surface area (Å²) in [4.78, 5) is 23.6. The molecule has 0 saturated carbocycles. The average Bonchev–Trinajstić information content (AvgIpc) is 2.89. The summed E-state index contributed by atoms with van der Waals surface area (Å²) >= 11 is 12.6. The van der Waals surface area contributed by atoms with Crippen LogP contribution in [0.25, 0.3) is 0 Å². The first-order chi connectivity index (χ1) is 18.2. The normalized spacial score (nSPS) is 14.2. The van der Waals surface area contributed by atoms with Crippen LogP contribution in [0.15, 0.2) is 66.1 Å². The van der Waals surface area contributed by atoms with Crippen LogP contribution in [-0.4, -0.2) is 17.5 Å². The Bertz CT molecular complexity index is 1480. The highest BCUT2D eigenvalue weighted by molar-refractivity contribution is 6.37. The maximum atomic E-state index is 12.8. The lowest BCUT2D eigenvalue weighted by Crippen LogP contribution is -2.21. The van der Waals surface area contributed by atoms with E-state index in [1.807, 2.05) is 13.0 Å². The van der Waals surface area contributed by atoms with Gasteiger partial charge in [-0.25, -0.2) is 4.79 Å². The Hall–Kier alpha value is -4.26. The van der Waals surface area contributed by atoms with Crippen molar-refractivity contribution < 1.29 is 23.9 Å². The number of ether oxygens (including phenoxy) is 3. The van der Waals surface area contributed by atoms with Gasteiger partial charge in [0.1, 0.15) is 23.1 Å². The maximum absolute atomic E-state index is 12.8. The molecule has 1 heterocycles. The topological polar surface area (TPSA) is 138 Å². The molecular weight excluding hydrogens is 533 g/mol. The molecule has 0 fully saturated rings. The van der Waals surface area contributed by atoms with Gasteiger partial charge in [0.2, 0.25) is 5.88 Å². The third-order valence-corrected chi connectivity index (χ3v) is 6.36. The van der Waals surface area contributed by atoms with Crippen molar-refractivity contribution in [3.8, 4) is 23.3 Å². The lowest BCUT2D eigenvalue weighted by Gasteiger charge is -2.26. The number of nitrogens with two attached hydrogens (primary N) is 1. The van der Waals surface area contributed by atoms with Crippen LogP contribution in [0.1, 0.15) is 47.2 Å². The molecule has 0 aromatic heterocycles. The smallest absolute Gasteiger partial charge is 0.343 e. The molecule has 3 aromatic carbocycles. The third kappa shape index (κ3) is 5.52. The van der Waals surface area contributed by atoms with E-state index in [0.29, 0.717) is 23.5 Å². The monoisotopic (exact) mass is 553 g/mol. The summed E-state index contributed by atoms with van der Waals surface area (Å²) < 4.78 is 16.8. The summed E-state index contributed by atoms with van der Waals surface area (Å²) in [7, 11) is 0. The Balaban J connectivity index is 1.62. The SMILES string of the molecule is CCCCOc1c(Cl)cc(C(=O)Oc2ccc3c(c2)OC(N)=C(C#N)C3c2cccc([N+](=O)[O-])c2)cc1Cl. The van der Waals surface area contributed by atoms with E-state index in [1.165, 1.54) is 42.5 Å². The van der Waals surface area contributed by atoms with E-state index in [9.17, 15) is 20.2 Å². The number of nitriles is 1. The molecule has 1 aliphatic heterocycles. The Labute approximate surface area is 228 Å². The van der Waals surface area contributed by atoms with E-state index in [4.69, 9.17) is 43.1 Å². The molecule has 4 rings (SSSR count). The van der Waals surface area contributed by atoms with Crippen molar-refractivity contribution in [1.29, 1.82) is 5.26 Å². The number of halogens is 2. The van der Waals surface area contributed by atoms with Crippen molar-refractivity contribution in [1.82, 2.24) is 0 Å². The summed E-state index contributed by atoms with van der Waals surface area (Å²) in [5.74, 6) is -0.929. The van der Waals surface area contributed by atoms with Crippen LogP contribution < -0.4 is 19.9 Å². The number of rotatable bonds is 8. The fraction of sp³-hybridized carbons (Fsp3) is 0.185. The quantitative estimate of drug-likeness (QED) is 0.109. The zero-order chi connectivity index (χ0) is 27.4. The van der Waals surface area contributed by atoms with Gasteiger partial charge in [0.15, 0.2) is 5.75 Å². The predicted octanol–water partition coefficient (Wildman–Crippen LogP) is 6.52. The van der Waals surface area contributed by atoms with Crippen molar-refractivity contribution in [3.63, 3.8) is 0 Å². The molecule has 1 aliphatic rings. The molecule has 0 bridgehead atoms. The number of fused-ring (bicyclic) bond motifs is 1. The van der Waals surface area contributed by atoms with Gasteiger partial charge in [-0.2, -0.15) is 5.26 Å². The van der Waals surface area contributed by atoms with Gasteiger partial charge in [-0.15, -0.1) is 0 Å². The van der Waals surface area contributed by atoms with E-state index in [1.54, 1.807) is 12.1 Å². The third-order valence-electron chi connectivity index (χ3n) is 5.79. The van der Waals surface area contributed by atoms with Gasteiger partial charge in [0.05, 0.1) is 33.1 Å². The molecule has 3 aromatic rings. The minimum atomic E-state index is -0.721.